The molecule has 0 aromatic carbocycles. The molecule has 0 radical (unpaired) electrons. The Hall–Kier alpha value is -1.89. The summed E-state index contributed by atoms with van der Waals surface area (Å²) < 4.78 is 5.14. The molecule has 20 heavy (non-hydrogen) atoms. The molecule has 0 saturated carbocycles. The molecule has 1 aromatic rings. The van der Waals surface area contributed by atoms with Crippen LogP contribution in [-0.2, 0) is 11.3 Å². The minimum absolute atomic E-state index is 0.213. The summed E-state index contributed by atoms with van der Waals surface area (Å²) in [6.45, 7) is 2.55. The van der Waals surface area contributed by atoms with Gasteiger partial charge in [0.15, 0.2) is 5.69 Å². The molecule has 0 spiro atoms. The molecule has 0 atom stereocenters. The minimum atomic E-state index is -0.246. The molecular formula is C13H20N4O3. The Morgan fingerprint density at radius 2 is 2.40 bits per heavy atom. The van der Waals surface area contributed by atoms with Crippen molar-refractivity contribution in [2.45, 2.75) is 25.8 Å². The number of carbonyl (C=O) groups excluding carboxylic acids is 2. The van der Waals surface area contributed by atoms with E-state index in [9.17, 15) is 9.59 Å². The van der Waals surface area contributed by atoms with E-state index in [1.807, 2.05) is 4.90 Å². The van der Waals surface area contributed by atoms with Gasteiger partial charge in [-0.2, -0.15) is 0 Å². The summed E-state index contributed by atoms with van der Waals surface area (Å²) >= 11 is 0. The van der Waals surface area contributed by atoms with Gasteiger partial charge in [-0.1, -0.05) is 0 Å². The van der Waals surface area contributed by atoms with E-state index in [4.69, 9.17) is 4.42 Å². The monoisotopic (exact) mass is 280 g/mol. The summed E-state index contributed by atoms with van der Waals surface area (Å²) in [7, 11) is 1.78. The Labute approximate surface area is 117 Å². The molecule has 1 saturated heterocycles. The van der Waals surface area contributed by atoms with Crippen LogP contribution >= 0.6 is 0 Å². The van der Waals surface area contributed by atoms with Gasteiger partial charge in [-0.15, -0.1) is 0 Å². The van der Waals surface area contributed by atoms with Gasteiger partial charge in [0.2, 0.25) is 11.8 Å². The first-order valence-corrected chi connectivity index (χ1v) is 6.85. The van der Waals surface area contributed by atoms with E-state index in [-0.39, 0.29) is 17.5 Å². The third kappa shape index (κ3) is 3.80. The van der Waals surface area contributed by atoms with E-state index >= 15 is 0 Å². The van der Waals surface area contributed by atoms with Gasteiger partial charge < -0.3 is 20.0 Å². The second-order valence-corrected chi connectivity index (χ2v) is 4.75. The van der Waals surface area contributed by atoms with Crippen LogP contribution in [0.5, 0.6) is 0 Å². The fourth-order valence-corrected chi connectivity index (χ4v) is 2.15. The molecule has 1 aliphatic heterocycles. The van der Waals surface area contributed by atoms with Gasteiger partial charge in [0.1, 0.15) is 6.26 Å². The number of hydrogen-bond donors (Lipinski definition) is 2. The first kappa shape index (κ1) is 14.5. The molecule has 2 amide bonds. The number of nitrogens with zero attached hydrogens (tertiary/aromatic N) is 2. The van der Waals surface area contributed by atoms with Gasteiger partial charge in [0, 0.05) is 26.1 Å². The molecule has 1 fully saturated rings. The number of hydrogen-bond acceptors (Lipinski definition) is 5. The summed E-state index contributed by atoms with van der Waals surface area (Å²) in [4.78, 5) is 29.1. The number of likely N-dealkylation sites (tertiary alicyclic amines) is 1. The Morgan fingerprint density at radius 1 is 1.55 bits per heavy atom. The topological polar surface area (TPSA) is 87.5 Å². The van der Waals surface area contributed by atoms with Crippen LogP contribution in [0.4, 0.5) is 0 Å². The number of carbonyl (C=O) groups is 2. The molecule has 7 heteroatoms. The van der Waals surface area contributed by atoms with E-state index in [0.29, 0.717) is 31.9 Å². The zero-order chi connectivity index (χ0) is 14.4. The highest BCUT2D eigenvalue weighted by Crippen LogP contribution is 2.09. The van der Waals surface area contributed by atoms with Crippen molar-refractivity contribution in [1.29, 1.82) is 0 Å². The van der Waals surface area contributed by atoms with Crippen LogP contribution in [0.15, 0.2) is 10.7 Å². The van der Waals surface area contributed by atoms with Crippen molar-refractivity contribution >= 4 is 11.8 Å². The molecule has 2 rings (SSSR count). The number of oxazole rings is 1. The number of amides is 2. The van der Waals surface area contributed by atoms with Crippen LogP contribution < -0.4 is 10.6 Å². The van der Waals surface area contributed by atoms with Gasteiger partial charge in [-0.05, 0) is 19.9 Å². The summed E-state index contributed by atoms with van der Waals surface area (Å²) in [6.07, 6.45) is 3.70. The maximum absolute atomic E-state index is 11.8. The Balaban J connectivity index is 1.67. The van der Waals surface area contributed by atoms with Crippen molar-refractivity contribution in [2.24, 2.45) is 0 Å². The molecule has 7 nitrogen and oxygen atoms in total. The van der Waals surface area contributed by atoms with E-state index in [1.165, 1.54) is 6.26 Å². The average Bonchev–Trinajstić information content (AvgIpc) is 3.05. The SMILES string of the molecule is CNCc1nc(C(=O)NCCCN2CCCC2=O)co1. The molecule has 1 aromatic heterocycles. The zero-order valence-corrected chi connectivity index (χ0v) is 11.6. The highest BCUT2D eigenvalue weighted by Gasteiger charge is 2.19. The first-order valence-electron chi connectivity index (χ1n) is 6.85. The van der Waals surface area contributed by atoms with Gasteiger partial charge in [0.25, 0.3) is 5.91 Å². The van der Waals surface area contributed by atoms with Crippen LogP contribution in [0.25, 0.3) is 0 Å². The lowest BCUT2D eigenvalue weighted by Gasteiger charge is -2.14. The molecule has 2 heterocycles. The molecule has 0 unspecified atom stereocenters. The summed E-state index contributed by atoms with van der Waals surface area (Å²) in [5.74, 6) is 0.453. The third-order valence-electron chi connectivity index (χ3n) is 3.17. The summed E-state index contributed by atoms with van der Waals surface area (Å²) in [5, 5.41) is 5.67. The zero-order valence-electron chi connectivity index (χ0n) is 11.6. The van der Waals surface area contributed by atoms with Gasteiger partial charge in [0.05, 0.1) is 6.54 Å². The largest absolute Gasteiger partial charge is 0.447 e. The smallest absolute Gasteiger partial charge is 0.273 e. The van der Waals surface area contributed by atoms with Crippen LogP contribution in [0.3, 0.4) is 0 Å². The maximum atomic E-state index is 11.8. The molecule has 110 valence electrons. The van der Waals surface area contributed by atoms with Crippen molar-refractivity contribution in [3.8, 4) is 0 Å². The van der Waals surface area contributed by atoms with Crippen LogP contribution in [0, 0.1) is 0 Å². The number of rotatable bonds is 7. The van der Waals surface area contributed by atoms with E-state index in [1.54, 1.807) is 7.05 Å². The van der Waals surface area contributed by atoms with Gasteiger partial charge in [-0.25, -0.2) is 4.98 Å². The normalized spacial score (nSPS) is 14.8. The van der Waals surface area contributed by atoms with Gasteiger partial charge in [-0.3, -0.25) is 9.59 Å². The molecular weight excluding hydrogens is 260 g/mol. The molecule has 1 aliphatic rings. The van der Waals surface area contributed by atoms with Crippen LogP contribution in [0.2, 0.25) is 0 Å². The van der Waals surface area contributed by atoms with Crippen molar-refractivity contribution in [1.82, 2.24) is 20.5 Å². The lowest BCUT2D eigenvalue weighted by Crippen LogP contribution is -2.30. The number of nitrogens with one attached hydrogen (secondary N) is 2. The lowest BCUT2D eigenvalue weighted by atomic mass is 10.3. The standard InChI is InChI=1S/C13H20N4O3/c1-14-8-11-16-10(9-20-11)13(19)15-5-3-7-17-6-2-4-12(17)18/h9,14H,2-8H2,1H3,(H,15,19). The van der Waals surface area contributed by atoms with Crippen LogP contribution in [0.1, 0.15) is 35.6 Å². The molecule has 2 N–H and O–H groups in total. The van der Waals surface area contributed by atoms with Crippen LogP contribution in [-0.4, -0.2) is 48.4 Å². The molecule has 0 aliphatic carbocycles. The Kier molecular flexibility index (Phi) is 5.11. The van der Waals surface area contributed by atoms with Crippen molar-refractivity contribution in [3.63, 3.8) is 0 Å². The second kappa shape index (κ2) is 7.04. The fraction of sp³-hybridized carbons (Fsp3) is 0.615. The summed E-state index contributed by atoms with van der Waals surface area (Å²) in [6, 6.07) is 0. The van der Waals surface area contributed by atoms with Crippen molar-refractivity contribution < 1.29 is 14.0 Å². The van der Waals surface area contributed by atoms with E-state index in [0.717, 1.165) is 19.4 Å². The second-order valence-electron chi connectivity index (χ2n) is 4.75. The fourth-order valence-electron chi connectivity index (χ4n) is 2.15. The highest BCUT2D eigenvalue weighted by molar-refractivity contribution is 5.91. The van der Waals surface area contributed by atoms with Crippen molar-refractivity contribution in [3.05, 3.63) is 17.8 Å². The quantitative estimate of drug-likeness (QED) is 0.694. The maximum Gasteiger partial charge on any atom is 0.273 e. The Bertz CT molecular complexity index is 472. The van der Waals surface area contributed by atoms with E-state index in [2.05, 4.69) is 15.6 Å². The predicted octanol–water partition coefficient (Wildman–Crippen LogP) is 0.136. The Morgan fingerprint density at radius 3 is 3.10 bits per heavy atom. The third-order valence-corrected chi connectivity index (χ3v) is 3.17. The minimum Gasteiger partial charge on any atom is -0.447 e. The predicted molar refractivity (Wildman–Crippen MR) is 72.0 cm³/mol. The van der Waals surface area contributed by atoms with Gasteiger partial charge >= 0.3 is 0 Å². The summed E-state index contributed by atoms with van der Waals surface area (Å²) in [5.41, 5.74) is 0.285. The van der Waals surface area contributed by atoms with Crippen molar-refractivity contribution in [2.75, 3.05) is 26.7 Å². The number of aromatic nitrogens is 1. The lowest BCUT2D eigenvalue weighted by molar-refractivity contribution is -0.127. The van der Waals surface area contributed by atoms with E-state index < -0.39 is 0 Å². The highest BCUT2D eigenvalue weighted by atomic mass is 16.3. The first-order chi connectivity index (χ1) is 9.70. The molecule has 0 bridgehead atoms. The average molecular weight is 280 g/mol.